The number of nitrogens with two attached hydrogens (primary N) is 1. The van der Waals surface area contributed by atoms with Gasteiger partial charge in [-0.3, -0.25) is 4.99 Å². The molecule has 4 heterocycles. The molecule has 2 N–H and O–H groups in total. The van der Waals surface area contributed by atoms with Gasteiger partial charge >= 0.3 is 6.09 Å². The lowest BCUT2D eigenvalue weighted by molar-refractivity contribution is 0.0207. The van der Waals surface area contributed by atoms with Gasteiger partial charge < -0.3 is 20.2 Å². The number of hydrogen-bond donors (Lipinski definition) is 1. The number of carbonyl (C=O) groups excluding carboxylic acids is 1. The van der Waals surface area contributed by atoms with Gasteiger partial charge in [-0.1, -0.05) is 5.21 Å². The maximum absolute atomic E-state index is 12.4. The third-order valence-corrected chi connectivity index (χ3v) is 6.71. The van der Waals surface area contributed by atoms with E-state index in [2.05, 4.69) is 26.6 Å². The zero-order chi connectivity index (χ0) is 29.9. The first-order chi connectivity index (χ1) is 19.4. The van der Waals surface area contributed by atoms with Crippen LogP contribution in [0.2, 0.25) is 0 Å². The molecular formula is C28H38N10O3. The maximum Gasteiger partial charge on any atom is 0.410 e. The van der Waals surface area contributed by atoms with Crippen molar-refractivity contribution in [3.8, 4) is 11.8 Å². The normalized spacial score (nSPS) is 16.2. The Kier molecular flexibility index (Phi) is 8.60. The van der Waals surface area contributed by atoms with Crippen LogP contribution < -0.4 is 10.6 Å². The van der Waals surface area contributed by atoms with Gasteiger partial charge in [0, 0.05) is 30.9 Å². The Labute approximate surface area is 239 Å². The van der Waals surface area contributed by atoms with Crippen molar-refractivity contribution >= 4 is 23.0 Å². The van der Waals surface area contributed by atoms with Crippen molar-refractivity contribution in [2.24, 2.45) is 15.9 Å². The largest absolute Gasteiger partial charge is 0.482 e. The van der Waals surface area contributed by atoms with Gasteiger partial charge in [0.2, 0.25) is 0 Å². The summed E-state index contributed by atoms with van der Waals surface area (Å²) in [5.41, 5.74) is 2.77. The summed E-state index contributed by atoms with van der Waals surface area (Å²) < 4.78 is 15.2. The molecule has 1 saturated heterocycles. The van der Waals surface area contributed by atoms with E-state index in [4.69, 9.17) is 20.3 Å². The third-order valence-electron chi connectivity index (χ3n) is 6.71. The van der Waals surface area contributed by atoms with Crippen LogP contribution in [0.25, 0.3) is 5.52 Å². The topological polar surface area (TPSA) is 161 Å². The van der Waals surface area contributed by atoms with E-state index in [-0.39, 0.29) is 18.2 Å². The third kappa shape index (κ3) is 6.82. The molecule has 0 radical (unpaired) electrons. The molecular weight excluding hydrogens is 524 g/mol. The standard InChI is InChI=1S/C28H38N10O3/c1-17(2)37-16-23(34-35-37)19(4)40-24-12-20(15-38-26(24)21(13-29)14-31-38)25(33-30)18(3)32-22-8-10-36(11-9-22)27(39)41-28(5,6)7/h12,14-17,19,22H,8-11,30H2,1-7H3/b32-18?,33-25+. The zero-order valence-corrected chi connectivity index (χ0v) is 24.7. The minimum atomic E-state index is -0.536. The lowest BCUT2D eigenvalue weighted by Gasteiger charge is -2.32. The number of nitriles is 1. The summed E-state index contributed by atoms with van der Waals surface area (Å²) in [6, 6.07) is 4.13. The number of aliphatic imine (C=N–C) groups is 1. The van der Waals surface area contributed by atoms with Crippen LogP contribution in [0, 0.1) is 11.3 Å². The highest BCUT2D eigenvalue weighted by Gasteiger charge is 2.27. The van der Waals surface area contributed by atoms with E-state index in [1.54, 1.807) is 26.4 Å². The molecule has 218 valence electrons. The van der Waals surface area contributed by atoms with Crippen molar-refractivity contribution in [3.05, 3.63) is 41.5 Å². The van der Waals surface area contributed by atoms with E-state index in [9.17, 15) is 10.1 Å². The molecule has 13 nitrogen and oxygen atoms in total. The van der Waals surface area contributed by atoms with Crippen molar-refractivity contribution in [3.63, 3.8) is 0 Å². The van der Waals surface area contributed by atoms with Crippen molar-refractivity contribution in [1.82, 2.24) is 29.5 Å². The van der Waals surface area contributed by atoms with Gasteiger partial charge in [-0.2, -0.15) is 15.5 Å². The molecule has 1 fully saturated rings. The minimum absolute atomic E-state index is 0.00312. The predicted octanol–water partition coefficient (Wildman–Crippen LogP) is 4.04. The number of hydrogen-bond acceptors (Lipinski definition) is 10. The predicted molar refractivity (Wildman–Crippen MR) is 154 cm³/mol. The number of hydrazone groups is 1. The molecule has 0 aromatic carbocycles. The molecule has 3 aromatic rings. The molecule has 0 saturated carbocycles. The van der Waals surface area contributed by atoms with Gasteiger partial charge in [0.1, 0.15) is 46.0 Å². The summed E-state index contributed by atoms with van der Waals surface area (Å²) in [6.07, 6.45) is 5.71. The second-order valence-corrected chi connectivity index (χ2v) is 11.4. The molecule has 13 heteroatoms. The summed E-state index contributed by atoms with van der Waals surface area (Å²) in [6.45, 7) is 14.4. The Hall–Kier alpha value is -4.47. The number of pyridine rings is 1. The molecule has 3 aromatic heterocycles. The molecule has 1 atom stereocenters. The van der Waals surface area contributed by atoms with E-state index in [1.807, 2.05) is 54.7 Å². The van der Waals surface area contributed by atoms with Crippen molar-refractivity contribution in [1.29, 1.82) is 5.26 Å². The van der Waals surface area contributed by atoms with E-state index < -0.39 is 11.7 Å². The van der Waals surface area contributed by atoms with Crippen molar-refractivity contribution < 1.29 is 14.3 Å². The summed E-state index contributed by atoms with van der Waals surface area (Å²) in [5, 5.41) is 26.5. The van der Waals surface area contributed by atoms with Crippen LogP contribution in [0.15, 0.2) is 34.8 Å². The highest BCUT2D eigenvalue weighted by atomic mass is 16.6. The van der Waals surface area contributed by atoms with E-state index in [1.165, 1.54) is 6.20 Å². The Morgan fingerprint density at radius 3 is 2.51 bits per heavy atom. The second kappa shape index (κ2) is 12.0. The number of rotatable bonds is 7. The summed E-state index contributed by atoms with van der Waals surface area (Å²) >= 11 is 0. The van der Waals surface area contributed by atoms with Gasteiger partial charge in [-0.25, -0.2) is 14.0 Å². The van der Waals surface area contributed by atoms with Gasteiger partial charge in [0.15, 0.2) is 0 Å². The van der Waals surface area contributed by atoms with Crippen LogP contribution >= 0.6 is 0 Å². The monoisotopic (exact) mass is 562 g/mol. The second-order valence-electron chi connectivity index (χ2n) is 11.4. The first-order valence-corrected chi connectivity index (χ1v) is 13.7. The minimum Gasteiger partial charge on any atom is -0.482 e. The smallest absolute Gasteiger partial charge is 0.410 e. The molecule has 1 unspecified atom stereocenters. The van der Waals surface area contributed by atoms with E-state index in [0.29, 0.717) is 65.4 Å². The summed E-state index contributed by atoms with van der Waals surface area (Å²) in [7, 11) is 0. The molecule has 4 rings (SSSR count). The number of likely N-dealkylation sites (tertiary alicyclic amines) is 1. The molecule has 0 aliphatic carbocycles. The Morgan fingerprint density at radius 1 is 1.22 bits per heavy atom. The fourth-order valence-electron chi connectivity index (χ4n) is 4.58. The molecule has 0 spiro atoms. The fourth-order valence-corrected chi connectivity index (χ4v) is 4.58. The number of piperidine rings is 1. The molecule has 1 aliphatic rings. The van der Waals surface area contributed by atoms with Crippen LogP contribution in [-0.4, -0.2) is 71.8 Å². The Morgan fingerprint density at radius 2 is 1.93 bits per heavy atom. The number of carbonyl (C=O) groups is 1. The first-order valence-electron chi connectivity index (χ1n) is 13.7. The first kappa shape index (κ1) is 29.5. The number of ether oxygens (including phenoxy) is 2. The Balaban J connectivity index is 1.57. The number of aromatic nitrogens is 5. The highest BCUT2D eigenvalue weighted by molar-refractivity contribution is 6.47. The van der Waals surface area contributed by atoms with Crippen molar-refractivity contribution in [2.75, 3.05) is 13.1 Å². The quantitative estimate of drug-likeness (QED) is 0.256. The lowest BCUT2D eigenvalue weighted by Crippen LogP contribution is -2.42. The van der Waals surface area contributed by atoms with Crippen LogP contribution in [0.4, 0.5) is 4.79 Å². The van der Waals surface area contributed by atoms with E-state index >= 15 is 0 Å². The maximum atomic E-state index is 12.4. The lowest BCUT2D eigenvalue weighted by atomic mass is 10.0. The van der Waals surface area contributed by atoms with Gasteiger partial charge in [0.05, 0.1) is 24.1 Å². The molecule has 1 amide bonds. The SMILES string of the molecule is CC(=NC1CCN(C(=O)OC(C)(C)C)CC1)/C(=N\N)c1cc(OC(C)c2cn(C(C)C)nn2)c2c(C#N)cnn2c1. The van der Waals surface area contributed by atoms with Crippen molar-refractivity contribution in [2.45, 2.75) is 85.1 Å². The van der Waals surface area contributed by atoms with Gasteiger partial charge in [0.25, 0.3) is 0 Å². The molecule has 1 aliphatic heterocycles. The number of fused-ring (bicyclic) bond motifs is 1. The number of amides is 1. The average Bonchev–Trinajstić information content (AvgIpc) is 3.56. The van der Waals surface area contributed by atoms with Crippen LogP contribution in [0.3, 0.4) is 0 Å². The van der Waals surface area contributed by atoms with Gasteiger partial charge in [-0.15, -0.1) is 5.10 Å². The molecule has 0 bridgehead atoms. The Bertz CT molecular complexity index is 1500. The number of nitrogens with zero attached hydrogens (tertiary/aromatic N) is 9. The fraction of sp³-hybridized carbons (Fsp3) is 0.536. The molecule has 41 heavy (non-hydrogen) atoms. The summed E-state index contributed by atoms with van der Waals surface area (Å²) in [5.74, 6) is 6.31. The van der Waals surface area contributed by atoms with E-state index in [0.717, 1.165) is 0 Å². The highest BCUT2D eigenvalue weighted by Crippen LogP contribution is 2.30. The van der Waals surface area contributed by atoms with Crippen LogP contribution in [-0.2, 0) is 4.74 Å². The van der Waals surface area contributed by atoms with Gasteiger partial charge in [-0.05, 0) is 67.4 Å². The van der Waals surface area contributed by atoms with Crippen LogP contribution in [0.5, 0.6) is 5.75 Å². The zero-order valence-electron chi connectivity index (χ0n) is 24.7. The summed E-state index contributed by atoms with van der Waals surface area (Å²) in [4.78, 5) is 19.0. The average molecular weight is 563 g/mol. The van der Waals surface area contributed by atoms with Crippen LogP contribution in [0.1, 0.15) is 90.3 Å².